The monoisotopic (exact) mass is 726 g/mol. The van der Waals surface area contributed by atoms with Crippen molar-refractivity contribution in [3.63, 3.8) is 0 Å². The molecule has 6 fully saturated rings. The predicted octanol–water partition coefficient (Wildman–Crippen LogP) is 0.836. The van der Waals surface area contributed by atoms with Gasteiger partial charge in [0.2, 0.25) is 0 Å². The van der Waals surface area contributed by atoms with Gasteiger partial charge in [-0.05, 0) is 87.9 Å². The van der Waals surface area contributed by atoms with Crippen molar-refractivity contribution in [1.29, 1.82) is 0 Å². The molecule has 2 heterocycles. The van der Waals surface area contributed by atoms with E-state index in [0.29, 0.717) is 32.3 Å². The fourth-order valence-corrected chi connectivity index (χ4v) is 14.1. The maximum Gasteiger partial charge on any atom is 0.180 e. The Hall–Kier alpha value is -1.54. The second-order valence-electron chi connectivity index (χ2n) is 19.5. The van der Waals surface area contributed by atoms with Crippen LogP contribution in [0.5, 0.6) is 0 Å². The van der Waals surface area contributed by atoms with E-state index in [1.54, 1.807) is 13.8 Å². The van der Waals surface area contributed by atoms with Crippen LogP contribution in [-0.2, 0) is 9.53 Å². The number of fused-ring (bicyclic) bond motifs is 2. The Morgan fingerprint density at radius 1 is 1.12 bits per heavy atom. The molecule has 0 radical (unpaired) electrons. The maximum atomic E-state index is 15.3. The van der Waals surface area contributed by atoms with Crippen LogP contribution in [0.4, 0.5) is 0 Å². The van der Waals surface area contributed by atoms with Crippen molar-refractivity contribution >= 4 is 11.5 Å². The molecule has 2 spiro atoms. The van der Waals surface area contributed by atoms with E-state index >= 15 is 4.79 Å². The molecule has 2 bridgehead atoms. The van der Waals surface area contributed by atoms with Crippen molar-refractivity contribution in [2.24, 2.45) is 73.8 Å². The predicted molar refractivity (Wildman–Crippen MR) is 193 cm³/mol. The van der Waals surface area contributed by atoms with E-state index in [1.807, 2.05) is 6.92 Å². The number of nitrogens with two attached hydrogens (primary N) is 2. The Labute approximate surface area is 308 Å². The molecule has 9 rings (SSSR count). The quantitative estimate of drug-likeness (QED) is 0.183. The number of hydrogen-bond donors (Lipinski definition) is 8. The highest BCUT2D eigenvalue weighted by atomic mass is 16.5. The summed E-state index contributed by atoms with van der Waals surface area (Å²) in [5.41, 5.74) is 0.478. The van der Waals surface area contributed by atoms with Crippen LogP contribution in [-0.4, -0.2) is 110 Å². The van der Waals surface area contributed by atoms with Gasteiger partial charge in [0.1, 0.15) is 12.3 Å². The first-order chi connectivity index (χ1) is 24.4. The molecule has 10 N–H and O–H groups in total. The van der Waals surface area contributed by atoms with E-state index in [4.69, 9.17) is 15.5 Å². The summed E-state index contributed by atoms with van der Waals surface area (Å²) in [6.07, 6.45) is 8.68. The normalized spacial score (nSPS) is 55.3. The molecule has 19 unspecified atom stereocenters. The van der Waals surface area contributed by atoms with Crippen molar-refractivity contribution < 1.29 is 45.5 Å². The lowest BCUT2D eigenvalue weighted by molar-refractivity contribution is -0.704. The van der Waals surface area contributed by atoms with E-state index in [0.717, 1.165) is 19.4 Å². The summed E-state index contributed by atoms with van der Waals surface area (Å²) in [5.74, 6) is -1.85. The van der Waals surface area contributed by atoms with Crippen molar-refractivity contribution in [3.8, 4) is 0 Å². The van der Waals surface area contributed by atoms with Gasteiger partial charge in [-0.25, -0.2) is 0 Å². The number of allylic oxidation sites excluding steroid dienone is 4. The van der Waals surface area contributed by atoms with Crippen LogP contribution in [0.2, 0.25) is 0 Å². The molecule has 9 aliphatic rings. The van der Waals surface area contributed by atoms with E-state index < -0.39 is 81.1 Å². The van der Waals surface area contributed by atoms with Crippen molar-refractivity contribution in [2.45, 2.75) is 134 Å². The van der Waals surface area contributed by atoms with Gasteiger partial charge in [-0.15, -0.1) is 0 Å². The van der Waals surface area contributed by atoms with Crippen LogP contribution in [0.1, 0.15) is 86.0 Å². The lowest BCUT2D eigenvalue weighted by Crippen LogP contribution is -2.95. The minimum atomic E-state index is -1.62. The zero-order chi connectivity index (χ0) is 37.4. The van der Waals surface area contributed by atoms with Gasteiger partial charge in [-0.1, -0.05) is 45.1 Å². The van der Waals surface area contributed by atoms with Crippen molar-refractivity contribution in [1.82, 2.24) is 0 Å². The molecule has 19 atom stereocenters. The average molecular weight is 727 g/mol. The number of ether oxygens (including phenoxy) is 1. The Morgan fingerprint density at radius 3 is 2.52 bits per heavy atom. The Kier molecular flexibility index (Phi) is 8.79. The van der Waals surface area contributed by atoms with Crippen molar-refractivity contribution in [2.75, 3.05) is 19.7 Å². The second kappa shape index (κ2) is 12.2. The summed E-state index contributed by atoms with van der Waals surface area (Å²) < 4.78 is 6.09. The van der Waals surface area contributed by atoms with Crippen molar-refractivity contribution in [3.05, 3.63) is 24.3 Å². The minimum absolute atomic E-state index is 0.00732. The number of nitrogens with zero attached hydrogens (tertiary/aromatic N) is 1. The first-order valence-corrected chi connectivity index (χ1v) is 20.2. The average Bonchev–Trinajstić information content (AvgIpc) is 3.46. The zero-order valence-electron chi connectivity index (χ0n) is 31.7. The number of aliphatic hydroxyl groups excluding tert-OH is 4. The highest BCUT2D eigenvalue weighted by Gasteiger charge is 2.82. The molecule has 290 valence electrons. The van der Waals surface area contributed by atoms with Gasteiger partial charge in [0.25, 0.3) is 0 Å². The third-order valence-electron chi connectivity index (χ3n) is 17.0. The molecule has 0 aromatic carbocycles. The molecule has 4 saturated carbocycles. The van der Waals surface area contributed by atoms with Crippen LogP contribution < -0.4 is 11.1 Å². The van der Waals surface area contributed by atoms with E-state index in [2.05, 4.69) is 43.5 Å². The number of rotatable bonds is 6. The van der Waals surface area contributed by atoms with Crippen LogP contribution in [0, 0.1) is 63.1 Å². The summed E-state index contributed by atoms with van der Waals surface area (Å²) in [7, 11) is 0. The van der Waals surface area contributed by atoms with Gasteiger partial charge in [-0.3, -0.25) is 15.5 Å². The summed E-state index contributed by atoms with van der Waals surface area (Å²) in [4.78, 5) is 20.2. The van der Waals surface area contributed by atoms with Crippen LogP contribution in [0.15, 0.2) is 29.3 Å². The van der Waals surface area contributed by atoms with Gasteiger partial charge in [0.15, 0.2) is 5.78 Å². The summed E-state index contributed by atoms with van der Waals surface area (Å²) >= 11 is 0. The number of aliphatic hydroxyl groups is 6. The number of hydrogen-bond acceptors (Lipinski definition) is 10. The molecule has 0 amide bonds. The standard InChI is InChI=1S/C41H63N3O8/c1-21-19-52-33(23(21)3)35(49)37(5,50)29-9-11-41(51)34-31(44-17-22(2)45)32(48)26-14-27(46)28(47)16-39(26)20-38(25-6-7-30(42)43-18-25)10-8-24(15-36(29,41)4)40(34,39)13-12-38/h8,10,12-13,21-30,33-35,43,45-47,49-51H,6-7,9,11,14-20,42H2,1-5H3/p+1. The molecule has 0 aromatic heterocycles. The molecule has 11 nitrogen and oxygen atoms in total. The Balaban J connectivity index is 1.33. The number of carbonyl (C=O) groups is 1. The van der Waals surface area contributed by atoms with Crippen LogP contribution in [0.25, 0.3) is 0 Å². The fraction of sp³-hybridized carbons (Fsp3) is 0.854. The van der Waals surface area contributed by atoms with Crippen LogP contribution >= 0.6 is 0 Å². The first-order valence-electron chi connectivity index (χ1n) is 20.2. The third kappa shape index (κ3) is 4.76. The largest absolute Gasteiger partial charge is 0.391 e. The van der Waals surface area contributed by atoms with Gasteiger partial charge in [0, 0.05) is 47.0 Å². The number of Topliss-reactive ketones (excluding diaryl/α,β-unsaturated/α-hetero) is 1. The van der Waals surface area contributed by atoms with Gasteiger partial charge in [0.05, 0.1) is 54.4 Å². The van der Waals surface area contributed by atoms with Gasteiger partial charge >= 0.3 is 0 Å². The Bertz CT molecular complexity index is 1540. The molecule has 0 aromatic rings. The third-order valence-corrected chi connectivity index (χ3v) is 17.0. The van der Waals surface area contributed by atoms with E-state index in [1.165, 1.54) is 0 Å². The number of quaternary nitrogens is 1. The number of carbonyl (C=O) groups excluding carboxylic acids is 1. The maximum absolute atomic E-state index is 15.3. The molecule has 52 heavy (non-hydrogen) atoms. The molecular formula is C41H64N3O8+. The molecular weight excluding hydrogens is 662 g/mol. The smallest absolute Gasteiger partial charge is 0.180 e. The first kappa shape index (κ1) is 37.4. The number of piperidine rings is 1. The summed E-state index contributed by atoms with van der Waals surface area (Å²) in [6, 6.07) is 0. The topological polar surface area (TPSA) is 203 Å². The summed E-state index contributed by atoms with van der Waals surface area (Å²) in [5, 5.41) is 73.8. The molecule has 2 aliphatic heterocycles. The zero-order valence-corrected chi connectivity index (χ0v) is 31.7. The highest BCUT2D eigenvalue weighted by Crippen LogP contribution is 2.80. The van der Waals surface area contributed by atoms with Gasteiger partial charge < -0.3 is 40.7 Å². The van der Waals surface area contributed by atoms with Crippen LogP contribution in [0.3, 0.4) is 0 Å². The lowest BCUT2D eigenvalue weighted by Gasteiger charge is -2.73. The number of ketones is 1. The molecule has 7 aliphatic carbocycles. The number of aliphatic imine (C=N–C) groups is 1. The molecule has 11 heteroatoms. The minimum Gasteiger partial charge on any atom is -0.391 e. The lowest BCUT2D eigenvalue weighted by atomic mass is 9.30. The molecule has 2 saturated heterocycles. The fourth-order valence-electron chi connectivity index (χ4n) is 14.1. The van der Waals surface area contributed by atoms with Gasteiger partial charge in [-0.2, -0.15) is 0 Å². The SMILES string of the molecule is CC(O)CN=C1C(=O)C2CC(O)C(O)CC23CC2(C4CCC(N)[NH2+]C4)C=CC4CC5(C)C(C(C)(O)C(O)C6OCC(C)C6C)CCC5(O)C1C43C=C2. The summed E-state index contributed by atoms with van der Waals surface area (Å²) in [6.45, 7) is 10.9. The second-order valence-corrected chi connectivity index (χ2v) is 19.5. The highest BCUT2D eigenvalue weighted by molar-refractivity contribution is 6.43. The van der Waals surface area contributed by atoms with E-state index in [-0.39, 0.29) is 60.7 Å². The Morgan fingerprint density at radius 2 is 1.87 bits per heavy atom. The van der Waals surface area contributed by atoms with E-state index in [9.17, 15) is 30.6 Å².